The zero-order valence-corrected chi connectivity index (χ0v) is 20.0. The van der Waals surface area contributed by atoms with Crippen molar-refractivity contribution in [2.75, 3.05) is 10.2 Å². The molecule has 3 aromatic carbocycles. The van der Waals surface area contributed by atoms with Gasteiger partial charge < -0.3 is 15.2 Å². The number of amides is 2. The van der Waals surface area contributed by atoms with Crippen LogP contribution in [0, 0.1) is 31.3 Å². The van der Waals surface area contributed by atoms with E-state index in [9.17, 15) is 22.8 Å². The summed E-state index contributed by atoms with van der Waals surface area (Å²) in [7, 11) is 0. The lowest BCUT2D eigenvalue weighted by molar-refractivity contribution is -0.113. The van der Waals surface area contributed by atoms with E-state index in [1.807, 2.05) is 19.9 Å². The molecule has 0 saturated carbocycles. The van der Waals surface area contributed by atoms with Crippen molar-refractivity contribution in [2.45, 2.75) is 20.4 Å². The van der Waals surface area contributed by atoms with Crippen molar-refractivity contribution in [1.82, 2.24) is 4.98 Å². The van der Waals surface area contributed by atoms with Crippen molar-refractivity contribution in [3.63, 3.8) is 0 Å². The maximum atomic E-state index is 13.8. The number of aromatic amines is 1. The summed E-state index contributed by atoms with van der Waals surface area (Å²) in [6.07, 6.45) is 1.74. The third kappa shape index (κ3) is 4.78. The molecular weight excluding hydrogens is 479 g/mol. The molecule has 0 radical (unpaired) electrons. The number of hydrogen-bond acceptors (Lipinski definition) is 2. The molecule has 37 heavy (non-hydrogen) atoms. The Kier molecular flexibility index (Phi) is 6.17. The van der Waals surface area contributed by atoms with Crippen LogP contribution in [-0.4, -0.2) is 16.8 Å². The number of benzene rings is 3. The van der Waals surface area contributed by atoms with Crippen LogP contribution >= 0.6 is 0 Å². The summed E-state index contributed by atoms with van der Waals surface area (Å²) in [5.74, 6) is -3.30. The van der Waals surface area contributed by atoms with E-state index in [0.29, 0.717) is 28.1 Å². The van der Waals surface area contributed by atoms with Crippen molar-refractivity contribution in [3.05, 3.63) is 118 Å². The van der Waals surface area contributed by atoms with E-state index < -0.39 is 23.4 Å². The maximum Gasteiger partial charge on any atom is 0.259 e. The highest BCUT2D eigenvalue weighted by atomic mass is 19.2. The number of rotatable bonds is 5. The second-order valence-corrected chi connectivity index (χ2v) is 8.94. The fourth-order valence-corrected chi connectivity index (χ4v) is 4.43. The number of aryl methyl sites for hydroxylation is 2. The average molecular weight is 502 g/mol. The molecule has 2 N–H and O–H groups in total. The van der Waals surface area contributed by atoms with E-state index in [-0.39, 0.29) is 18.0 Å². The van der Waals surface area contributed by atoms with Gasteiger partial charge in [-0.25, -0.2) is 13.2 Å². The smallest absolute Gasteiger partial charge is 0.259 e. The van der Waals surface area contributed by atoms with Gasteiger partial charge in [0.2, 0.25) is 0 Å². The molecule has 0 atom stereocenters. The Morgan fingerprint density at radius 3 is 2.49 bits per heavy atom. The summed E-state index contributed by atoms with van der Waals surface area (Å²) in [5, 5.41) is 2.75. The van der Waals surface area contributed by atoms with E-state index in [0.717, 1.165) is 35.2 Å². The first kappa shape index (κ1) is 24.1. The van der Waals surface area contributed by atoms with E-state index in [1.165, 1.54) is 29.2 Å². The number of carbonyl (C=O) groups excluding carboxylic acids is 2. The number of nitrogens with zero attached hydrogens (tertiary/aromatic N) is 1. The first-order valence-electron chi connectivity index (χ1n) is 11.5. The summed E-state index contributed by atoms with van der Waals surface area (Å²) in [5.41, 5.74) is 5.15. The summed E-state index contributed by atoms with van der Waals surface area (Å²) in [6, 6.07) is 15.8. The Balaban J connectivity index is 1.54. The first-order chi connectivity index (χ1) is 17.7. The second kappa shape index (κ2) is 9.46. The van der Waals surface area contributed by atoms with Crippen LogP contribution in [0.25, 0.3) is 11.6 Å². The number of hydrogen-bond donors (Lipinski definition) is 2. The topological polar surface area (TPSA) is 65.2 Å². The van der Waals surface area contributed by atoms with Crippen LogP contribution in [0.3, 0.4) is 0 Å². The van der Waals surface area contributed by atoms with Crippen LogP contribution < -0.4 is 10.2 Å². The molecule has 0 spiro atoms. The normalized spacial score (nSPS) is 13.8. The Morgan fingerprint density at radius 1 is 0.973 bits per heavy atom. The molecule has 8 heteroatoms. The lowest BCUT2D eigenvalue weighted by Crippen LogP contribution is -2.25. The van der Waals surface area contributed by atoms with Crippen molar-refractivity contribution >= 4 is 34.8 Å². The Hall–Kier alpha value is -4.59. The van der Waals surface area contributed by atoms with E-state index in [4.69, 9.17) is 0 Å². The Labute approximate surface area is 211 Å². The minimum Gasteiger partial charge on any atom is -0.359 e. The number of anilines is 2. The highest BCUT2D eigenvalue weighted by Crippen LogP contribution is 2.40. The van der Waals surface area contributed by atoms with Crippen LogP contribution in [0.4, 0.5) is 24.5 Å². The number of fused-ring (bicyclic) bond motifs is 1. The highest BCUT2D eigenvalue weighted by Gasteiger charge is 2.33. The summed E-state index contributed by atoms with van der Waals surface area (Å²) in [6.45, 7) is 3.86. The lowest BCUT2D eigenvalue weighted by atomic mass is 10.0. The van der Waals surface area contributed by atoms with Gasteiger partial charge in [0.1, 0.15) is 5.82 Å². The molecule has 2 amide bonds. The molecule has 5 nitrogen and oxygen atoms in total. The van der Waals surface area contributed by atoms with Crippen LogP contribution in [0.5, 0.6) is 0 Å². The molecule has 1 aliphatic rings. The third-order valence-electron chi connectivity index (χ3n) is 6.20. The fourth-order valence-electron chi connectivity index (χ4n) is 4.43. The maximum absolute atomic E-state index is 13.8. The molecule has 0 unspecified atom stereocenters. The minimum absolute atomic E-state index is 0.0259. The van der Waals surface area contributed by atoms with Crippen LogP contribution in [-0.2, 0) is 11.3 Å². The average Bonchev–Trinajstić information content (AvgIpc) is 3.31. The van der Waals surface area contributed by atoms with Gasteiger partial charge in [-0.05, 0) is 85.6 Å². The van der Waals surface area contributed by atoms with Gasteiger partial charge in [0.15, 0.2) is 11.6 Å². The van der Waals surface area contributed by atoms with Crippen LogP contribution in [0.15, 0.2) is 66.7 Å². The lowest BCUT2D eigenvalue weighted by Gasteiger charge is -2.18. The monoisotopic (exact) mass is 501 g/mol. The zero-order chi connectivity index (χ0) is 26.3. The van der Waals surface area contributed by atoms with Gasteiger partial charge in [0.25, 0.3) is 11.8 Å². The van der Waals surface area contributed by atoms with E-state index >= 15 is 0 Å². The van der Waals surface area contributed by atoms with Crippen molar-refractivity contribution < 1.29 is 22.8 Å². The van der Waals surface area contributed by atoms with Gasteiger partial charge in [0, 0.05) is 28.2 Å². The fraction of sp³-hybridized carbons (Fsp3) is 0.103. The summed E-state index contributed by atoms with van der Waals surface area (Å²) < 4.78 is 40.9. The second-order valence-electron chi connectivity index (χ2n) is 8.94. The summed E-state index contributed by atoms with van der Waals surface area (Å²) in [4.78, 5) is 31.0. The molecule has 0 fully saturated rings. The van der Waals surface area contributed by atoms with E-state index in [2.05, 4.69) is 10.3 Å². The van der Waals surface area contributed by atoms with Gasteiger partial charge >= 0.3 is 0 Å². The van der Waals surface area contributed by atoms with Crippen LogP contribution in [0.2, 0.25) is 0 Å². The molecular formula is C29H22F3N3O2. The number of H-pyrrole nitrogens is 1. The van der Waals surface area contributed by atoms with Gasteiger partial charge in [-0.1, -0.05) is 12.1 Å². The highest BCUT2D eigenvalue weighted by molar-refractivity contribution is 6.36. The van der Waals surface area contributed by atoms with Gasteiger partial charge in [-0.3, -0.25) is 9.59 Å². The molecule has 2 heterocycles. The third-order valence-corrected chi connectivity index (χ3v) is 6.20. The first-order valence-corrected chi connectivity index (χ1v) is 11.5. The predicted molar refractivity (Wildman–Crippen MR) is 136 cm³/mol. The number of aromatic nitrogens is 1. The molecule has 0 saturated heterocycles. The molecule has 1 aromatic heterocycles. The summed E-state index contributed by atoms with van der Waals surface area (Å²) >= 11 is 0. The molecule has 0 aliphatic carbocycles. The van der Waals surface area contributed by atoms with Crippen molar-refractivity contribution in [2.24, 2.45) is 0 Å². The zero-order valence-electron chi connectivity index (χ0n) is 20.0. The molecule has 186 valence electrons. The molecule has 5 rings (SSSR count). The van der Waals surface area contributed by atoms with Gasteiger partial charge in [-0.2, -0.15) is 0 Å². The molecule has 1 aliphatic heterocycles. The predicted octanol–water partition coefficient (Wildman–Crippen LogP) is 6.39. The number of carbonyl (C=O) groups is 2. The standard InChI is InChI=1S/C29H22F3N3O2/c1-16-10-17(2)33-26(16)14-23-22-13-21(34-28(36)19-4-3-5-20(30)12-19)7-9-27(22)35(29(23)37)15-18-6-8-24(31)25(32)11-18/h3-14,33H,15H2,1-2H3,(H,34,36)/b23-14-. The van der Waals surface area contributed by atoms with Crippen molar-refractivity contribution in [1.29, 1.82) is 0 Å². The molecule has 4 aromatic rings. The number of nitrogens with one attached hydrogen (secondary N) is 2. The van der Waals surface area contributed by atoms with Gasteiger partial charge in [-0.15, -0.1) is 0 Å². The Bertz CT molecular complexity index is 1590. The van der Waals surface area contributed by atoms with Crippen LogP contribution in [0.1, 0.15) is 38.4 Å². The SMILES string of the molecule is Cc1cc(C)c(/C=C2\C(=O)N(Cc3ccc(F)c(F)c3)c3ccc(NC(=O)c4cccc(F)c4)cc32)[nH]1. The van der Waals surface area contributed by atoms with E-state index in [1.54, 1.807) is 24.3 Å². The largest absolute Gasteiger partial charge is 0.359 e. The number of halogens is 3. The minimum atomic E-state index is -0.993. The van der Waals surface area contributed by atoms with Gasteiger partial charge in [0.05, 0.1) is 17.8 Å². The Morgan fingerprint density at radius 2 is 1.78 bits per heavy atom. The quantitative estimate of drug-likeness (QED) is 0.311. The van der Waals surface area contributed by atoms with Crippen molar-refractivity contribution in [3.8, 4) is 0 Å². The molecule has 0 bridgehead atoms.